The summed E-state index contributed by atoms with van der Waals surface area (Å²) in [4.78, 5) is 0. The maximum Gasteiger partial charge on any atom is 0.432 e. The maximum atomic E-state index is 14.2. The summed E-state index contributed by atoms with van der Waals surface area (Å²) in [5.41, 5.74) is -1.77. The molecule has 0 aliphatic carbocycles. The second-order valence-corrected chi connectivity index (χ2v) is 6.16. The monoisotopic (exact) mass is 392 g/mol. The molecule has 0 aromatic heterocycles. The molecule has 1 saturated heterocycles. The van der Waals surface area contributed by atoms with Crippen LogP contribution < -0.4 is 4.74 Å². The Bertz CT molecular complexity index is 811. The Labute approximate surface area is 150 Å². The molecule has 2 aromatic rings. The summed E-state index contributed by atoms with van der Waals surface area (Å²) in [7, 11) is 0. The number of hydrogen-bond donors (Lipinski definition) is 0. The van der Waals surface area contributed by atoms with Crippen LogP contribution in [-0.2, 0) is 15.6 Å². The Morgan fingerprint density at radius 2 is 1.48 bits per heavy atom. The molecule has 0 saturated carbocycles. The number of halogens is 6. The van der Waals surface area contributed by atoms with E-state index in [0.717, 1.165) is 0 Å². The van der Waals surface area contributed by atoms with Gasteiger partial charge in [-0.1, -0.05) is 6.92 Å². The van der Waals surface area contributed by atoms with Crippen LogP contribution in [0.25, 0.3) is 0 Å². The molecule has 146 valence electrons. The van der Waals surface area contributed by atoms with E-state index in [1.54, 1.807) is 0 Å². The number of ether oxygens (including phenoxy) is 3. The molecule has 1 heterocycles. The second-order valence-electron chi connectivity index (χ2n) is 6.16. The molecule has 0 spiro atoms. The third-order valence-corrected chi connectivity index (χ3v) is 3.83. The van der Waals surface area contributed by atoms with E-state index in [9.17, 15) is 26.3 Å². The summed E-state index contributed by atoms with van der Waals surface area (Å²) in [6.45, 7) is 2.41. The van der Waals surface area contributed by atoms with Crippen molar-refractivity contribution < 1.29 is 40.6 Å². The first-order valence-corrected chi connectivity index (χ1v) is 7.92. The van der Waals surface area contributed by atoms with Crippen molar-refractivity contribution >= 4 is 0 Å². The van der Waals surface area contributed by atoms with Gasteiger partial charge in [0.05, 0.1) is 13.2 Å². The van der Waals surface area contributed by atoms with Crippen LogP contribution >= 0.6 is 0 Å². The lowest BCUT2D eigenvalue weighted by Crippen LogP contribution is -2.27. The smallest absolute Gasteiger partial charge is 0.429 e. The van der Waals surface area contributed by atoms with Crippen molar-refractivity contribution in [2.45, 2.75) is 19.3 Å². The lowest BCUT2D eigenvalue weighted by Gasteiger charge is -2.28. The topological polar surface area (TPSA) is 27.7 Å². The van der Waals surface area contributed by atoms with E-state index in [1.807, 2.05) is 6.92 Å². The molecule has 27 heavy (non-hydrogen) atoms. The van der Waals surface area contributed by atoms with Crippen molar-refractivity contribution in [2.24, 2.45) is 5.92 Å². The summed E-state index contributed by atoms with van der Waals surface area (Å²) in [6.07, 6.45) is -5.56. The minimum atomic E-state index is -4.47. The minimum absolute atomic E-state index is 0.0871. The highest BCUT2D eigenvalue weighted by molar-refractivity contribution is 5.31. The molecule has 2 aromatic carbocycles. The molecule has 1 aliphatic rings. The average Bonchev–Trinajstić information content (AvgIpc) is 2.57. The van der Waals surface area contributed by atoms with Gasteiger partial charge < -0.3 is 14.2 Å². The zero-order valence-corrected chi connectivity index (χ0v) is 13.9. The first-order chi connectivity index (χ1) is 12.7. The van der Waals surface area contributed by atoms with Crippen LogP contribution in [-0.4, -0.2) is 13.2 Å². The second kappa shape index (κ2) is 7.40. The Morgan fingerprint density at radius 3 is 2.04 bits per heavy atom. The van der Waals surface area contributed by atoms with Gasteiger partial charge in [-0.2, -0.15) is 8.78 Å². The normalized spacial score (nSPS) is 20.6. The summed E-state index contributed by atoms with van der Waals surface area (Å²) in [5.74, 6) is -6.62. The van der Waals surface area contributed by atoms with Gasteiger partial charge >= 0.3 is 6.11 Å². The largest absolute Gasteiger partial charge is 0.432 e. The van der Waals surface area contributed by atoms with E-state index in [2.05, 4.69) is 4.74 Å². The van der Waals surface area contributed by atoms with Gasteiger partial charge in [0.2, 0.25) is 0 Å². The third kappa shape index (κ3) is 4.19. The van der Waals surface area contributed by atoms with Crippen molar-refractivity contribution in [2.75, 3.05) is 13.2 Å². The van der Waals surface area contributed by atoms with Crippen LogP contribution in [0.4, 0.5) is 26.3 Å². The predicted octanol–water partition coefficient (Wildman–Crippen LogP) is 5.05. The fourth-order valence-corrected chi connectivity index (χ4v) is 2.54. The maximum absolute atomic E-state index is 14.2. The molecule has 1 aliphatic heterocycles. The Morgan fingerprint density at radius 1 is 0.889 bits per heavy atom. The molecule has 0 unspecified atom stereocenters. The van der Waals surface area contributed by atoms with Crippen LogP contribution in [0, 0.1) is 29.2 Å². The third-order valence-electron chi connectivity index (χ3n) is 3.83. The molecule has 0 N–H and O–H groups in total. The number of hydrogen-bond acceptors (Lipinski definition) is 3. The summed E-state index contributed by atoms with van der Waals surface area (Å²) in [5, 5.41) is 0. The summed E-state index contributed by atoms with van der Waals surface area (Å²) in [6, 6.07) is 2.91. The van der Waals surface area contributed by atoms with Gasteiger partial charge in [-0.05, 0) is 24.3 Å². The van der Waals surface area contributed by atoms with Crippen molar-refractivity contribution in [3.05, 3.63) is 64.7 Å². The first kappa shape index (κ1) is 19.5. The number of alkyl halides is 2. The zero-order valence-electron chi connectivity index (χ0n) is 13.9. The van der Waals surface area contributed by atoms with Gasteiger partial charge in [0.1, 0.15) is 22.9 Å². The van der Waals surface area contributed by atoms with E-state index < -0.39 is 47.0 Å². The zero-order chi connectivity index (χ0) is 19.8. The highest BCUT2D eigenvalue weighted by Gasteiger charge is 2.42. The van der Waals surface area contributed by atoms with Crippen molar-refractivity contribution in [3.8, 4) is 5.75 Å². The minimum Gasteiger partial charge on any atom is -0.429 e. The van der Waals surface area contributed by atoms with Crippen LogP contribution in [0.3, 0.4) is 0 Å². The molecule has 3 nitrogen and oxygen atoms in total. The highest BCUT2D eigenvalue weighted by atomic mass is 19.3. The summed E-state index contributed by atoms with van der Waals surface area (Å²) >= 11 is 0. The van der Waals surface area contributed by atoms with E-state index in [4.69, 9.17) is 9.47 Å². The Balaban J connectivity index is 1.87. The van der Waals surface area contributed by atoms with E-state index in [1.165, 1.54) is 0 Å². The van der Waals surface area contributed by atoms with E-state index in [0.29, 0.717) is 30.3 Å². The lowest BCUT2D eigenvalue weighted by atomic mass is 10.1. The predicted molar refractivity (Wildman–Crippen MR) is 81.0 cm³/mol. The fraction of sp³-hybridized carbons (Fsp3) is 0.333. The van der Waals surface area contributed by atoms with Gasteiger partial charge in [0.15, 0.2) is 17.9 Å². The molecule has 0 radical (unpaired) electrons. The van der Waals surface area contributed by atoms with Crippen molar-refractivity contribution in [1.82, 2.24) is 0 Å². The summed E-state index contributed by atoms with van der Waals surface area (Å²) < 4.78 is 97.7. The van der Waals surface area contributed by atoms with Gasteiger partial charge in [-0.25, -0.2) is 17.6 Å². The number of rotatable bonds is 4. The van der Waals surface area contributed by atoms with Crippen LogP contribution in [0.5, 0.6) is 5.75 Å². The van der Waals surface area contributed by atoms with Gasteiger partial charge in [0, 0.05) is 17.5 Å². The molecule has 0 amide bonds. The Kier molecular flexibility index (Phi) is 5.34. The standard InChI is InChI=1S/C18H14F6O3/c1-9-7-25-17(26-8-9)10-4-14(21)16(15(22)5-10)18(23,24)27-11-2-3-12(19)13(20)6-11/h2-6,9,17H,7-8H2,1H3. The molecular weight excluding hydrogens is 378 g/mol. The van der Waals surface area contributed by atoms with Crippen molar-refractivity contribution in [1.29, 1.82) is 0 Å². The molecule has 3 rings (SSSR count). The lowest BCUT2D eigenvalue weighted by molar-refractivity contribution is -0.203. The quantitative estimate of drug-likeness (QED) is 0.682. The molecule has 9 heteroatoms. The first-order valence-electron chi connectivity index (χ1n) is 7.92. The van der Waals surface area contributed by atoms with Crippen LogP contribution in [0.15, 0.2) is 30.3 Å². The SMILES string of the molecule is CC1COC(c2cc(F)c(C(F)(F)Oc3ccc(F)c(F)c3)c(F)c2)OC1. The molecule has 1 fully saturated rings. The fourth-order valence-electron chi connectivity index (χ4n) is 2.54. The van der Waals surface area contributed by atoms with Gasteiger partial charge in [0.25, 0.3) is 0 Å². The van der Waals surface area contributed by atoms with Crippen LogP contribution in [0.1, 0.15) is 24.3 Å². The highest BCUT2D eigenvalue weighted by Crippen LogP contribution is 2.37. The van der Waals surface area contributed by atoms with Gasteiger partial charge in [-0.3, -0.25) is 0 Å². The molecular formula is C18H14F6O3. The average molecular weight is 392 g/mol. The molecule has 0 atom stereocenters. The van der Waals surface area contributed by atoms with Crippen molar-refractivity contribution in [3.63, 3.8) is 0 Å². The van der Waals surface area contributed by atoms with Crippen LogP contribution in [0.2, 0.25) is 0 Å². The number of benzene rings is 2. The van der Waals surface area contributed by atoms with E-state index >= 15 is 0 Å². The Hall–Kier alpha value is -2.26. The van der Waals surface area contributed by atoms with E-state index in [-0.39, 0.29) is 24.7 Å². The molecule has 0 bridgehead atoms. The van der Waals surface area contributed by atoms with Gasteiger partial charge in [-0.15, -0.1) is 0 Å².